The molecular formula is C12H17N3O4S. The minimum atomic E-state index is -1.07. The predicted octanol–water partition coefficient (Wildman–Crippen LogP) is 0.347. The molecule has 0 aromatic carbocycles. The van der Waals surface area contributed by atoms with E-state index in [-0.39, 0.29) is 23.4 Å². The number of aromatic nitrogens is 1. The van der Waals surface area contributed by atoms with Crippen molar-refractivity contribution in [2.45, 2.75) is 13.0 Å². The van der Waals surface area contributed by atoms with Crippen molar-refractivity contribution >= 4 is 28.4 Å². The van der Waals surface area contributed by atoms with Gasteiger partial charge < -0.3 is 20.1 Å². The van der Waals surface area contributed by atoms with Gasteiger partial charge >= 0.3 is 5.97 Å². The summed E-state index contributed by atoms with van der Waals surface area (Å²) in [5.41, 5.74) is 0.510. The van der Waals surface area contributed by atoms with Gasteiger partial charge in [0.15, 0.2) is 0 Å². The van der Waals surface area contributed by atoms with Crippen molar-refractivity contribution in [3.8, 4) is 0 Å². The molecule has 2 atom stereocenters. The van der Waals surface area contributed by atoms with Crippen LogP contribution in [-0.2, 0) is 9.53 Å². The number of amides is 1. The normalized spacial score (nSPS) is 21.9. The van der Waals surface area contributed by atoms with Gasteiger partial charge in [-0.2, -0.15) is 4.37 Å². The topological polar surface area (TPSA) is 91.8 Å². The van der Waals surface area contributed by atoms with Crippen LogP contribution in [0.2, 0.25) is 0 Å². The van der Waals surface area contributed by atoms with Crippen molar-refractivity contribution in [1.29, 1.82) is 0 Å². The molecule has 7 nitrogen and oxygen atoms in total. The number of likely N-dealkylation sites (N-methyl/N-ethyl adjacent to an activating group) is 1. The first-order valence-corrected chi connectivity index (χ1v) is 6.96. The Kier molecular flexibility index (Phi) is 4.36. The lowest BCUT2D eigenvalue weighted by Gasteiger charge is -2.22. The van der Waals surface area contributed by atoms with E-state index in [4.69, 9.17) is 4.74 Å². The number of hydrogen-bond donors (Lipinski definition) is 2. The SMILES string of the molecule is CNC1COCC1C(=O)N(C)c1snc(C)c1C(=O)O. The Morgan fingerprint density at radius 1 is 1.50 bits per heavy atom. The highest BCUT2D eigenvalue weighted by Gasteiger charge is 2.36. The number of nitrogens with one attached hydrogen (secondary N) is 1. The summed E-state index contributed by atoms with van der Waals surface area (Å²) in [5, 5.41) is 12.6. The molecule has 1 saturated heterocycles. The number of ether oxygens (including phenoxy) is 1. The molecule has 20 heavy (non-hydrogen) atoms. The van der Waals surface area contributed by atoms with Crippen LogP contribution in [-0.4, -0.2) is 54.7 Å². The maximum absolute atomic E-state index is 12.5. The van der Waals surface area contributed by atoms with Gasteiger partial charge in [-0.25, -0.2) is 4.79 Å². The van der Waals surface area contributed by atoms with E-state index in [1.165, 1.54) is 4.90 Å². The predicted molar refractivity (Wildman–Crippen MR) is 74.4 cm³/mol. The summed E-state index contributed by atoms with van der Waals surface area (Å²) in [6.07, 6.45) is 0. The molecule has 1 fully saturated rings. The first kappa shape index (κ1) is 14.9. The number of carboxylic acids is 1. The highest BCUT2D eigenvalue weighted by molar-refractivity contribution is 7.11. The van der Waals surface area contributed by atoms with Gasteiger partial charge in [-0.1, -0.05) is 0 Å². The fourth-order valence-corrected chi connectivity index (χ4v) is 3.12. The first-order valence-electron chi connectivity index (χ1n) is 6.19. The summed E-state index contributed by atoms with van der Waals surface area (Å²) in [6, 6.07) is -0.0488. The Labute approximate surface area is 120 Å². The largest absolute Gasteiger partial charge is 0.478 e. The second-order valence-electron chi connectivity index (χ2n) is 4.69. The molecule has 2 N–H and O–H groups in total. The van der Waals surface area contributed by atoms with Gasteiger partial charge in [-0.3, -0.25) is 4.79 Å². The molecule has 2 rings (SSSR count). The van der Waals surface area contributed by atoms with Crippen LogP contribution in [0.3, 0.4) is 0 Å². The number of hydrogen-bond acceptors (Lipinski definition) is 6. The third-order valence-corrected chi connectivity index (χ3v) is 4.48. The third-order valence-electron chi connectivity index (χ3n) is 3.46. The molecule has 110 valence electrons. The number of anilines is 1. The van der Waals surface area contributed by atoms with Crippen LogP contribution in [0.25, 0.3) is 0 Å². The summed E-state index contributed by atoms with van der Waals surface area (Å²) < 4.78 is 9.34. The zero-order valence-corrected chi connectivity index (χ0v) is 12.4. The fourth-order valence-electron chi connectivity index (χ4n) is 2.26. The summed E-state index contributed by atoms with van der Waals surface area (Å²) in [5.74, 6) is -1.54. The lowest BCUT2D eigenvalue weighted by atomic mass is 10.0. The number of carbonyl (C=O) groups is 2. The quantitative estimate of drug-likeness (QED) is 0.833. The van der Waals surface area contributed by atoms with Crippen LogP contribution in [0.15, 0.2) is 0 Å². The van der Waals surface area contributed by atoms with Gasteiger partial charge in [0, 0.05) is 13.1 Å². The van der Waals surface area contributed by atoms with E-state index in [0.29, 0.717) is 23.9 Å². The second-order valence-corrected chi connectivity index (χ2v) is 5.44. The van der Waals surface area contributed by atoms with Crippen molar-refractivity contribution in [3.05, 3.63) is 11.3 Å². The lowest BCUT2D eigenvalue weighted by molar-refractivity contribution is -0.122. The molecule has 0 radical (unpaired) electrons. The molecular weight excluding hydrogens is 282 g/mol. The average Bonchev–Trinajstić information content (AvgIpc) is 3.02. The number of aryl methyl sites for hydroxylation is 1. The highest BCUT2D eigenvalue weighted by atomic mass is 32.1. The molecule has 8 heteroatoms. The van der Waals surface area contributed by atoms with Crippen LogP contribution < -0.4 is 10.2 Å². The van der Waals surface area contributed by atoms with Crippen LogP contribution in [0, 0.1) is 12.8 Å². The Hall–Kier alpha value is -1.51. The smallest absolute Gasteiger partial charge is 0.340 e. The number of rotatable bonds is 4. The number of carbonyl (C=O) groups excluding carboxylic acids is 1. The number of carboxylic acid groups (broad SMARTS) is 1. The lowest BCUT2D eigenvalue weighted by Crippen LogP contribution is -2.43. The Morgan fingerprint density at radius 2 is 2.20 bits per heavy atom. The summed E-state index contributed by atoms with van der Waals surface area (Å²) >= 11 is 1.02. The monoisotopic (exact) mass is 299 g/mol. The zero-order chi connectivity index (χ0) is 14.9. The molecule has 0 bridgehead atoms. The number of aromatic carboxylic acids is 1. The molecule has 2 unspecified atom stereocenters. The van der Waals surface area contributed by atoms with Crippen molar-refractivity contribution in [1.82, 2.24) is 9.69 Å². The van der Waals surface area contributed by atoms with Gasteiger partial charge in [-0.05, 0) is 25.5 Å². The average molecular weight is 299 g/mol. The van der Waals surface area contributed by atoms with Crippen molar-refractivity contribution < 1.29 is 19.4 Å². The Balaban J connectivity index is 2.25. The standard InChI is InChI=1S/C12H17N3O4S/c1-6-9(12(17)18)11(20-14-6)15(3)10(16)7-4-19-5-8(7)13-2/h7-8,13H,4-5H2,1-3H3,(H,17,18). The highest BCUT2D eigenvalue weighted by Crippen LogP contribution is 2.30. The molecule has 1 aromatic heterocycles. The van der Waals surface area contributed by atoms with Crippen LogP contribution in [0.4, 0.5) is 5.00 Å². The van der Waals surface area contributed by atoms with Gasteiger partial charge in [0.25, 0.3) is 0 Å². The molecule has 0 aliphatic carbocycles. The summed E-state index contributed by atoms with van der Waals surface area (Å²) in [7, 11) is 3.35. The van der Waals surface area contributed by atoms with E-state index in [1.54, 1.807) is 21.0 Å². The zero-order valence-electron chi connectivity index (χ0n) is 11.5. The maximum atomic E-state index is 12.5. The minimum absolute atomic E-state index is 0.0488. The van der Waals surface area contributed by atoms with E-state index in [9.17, 15) is 14.7 Å². The molecule has 1 aliphatic heterocycles. The van der Waals surface area contributed by atoms with Crippen LogP contribution >= 0.6 is 11.5 Å². The molecule has 0 spiro atoms. The van der Waals surface area contributed by atoms with Gasteiger partial charge in [0.1, 0.15) is 10.6 Å². The summed E-state index contributed by atoms with van der Waals surface area (Å²) in [6.45, 7) is 2.44. The molecule has 1 aliphatic rings. The van der Waals surface area contributed by atoms with Gasteiger partial charge in [0.2, 0.25) is 5.91 Å². The fraction of sp³-hybridized carbons (Fsp3) is 0.583. The van der Waals surface area contributed by atoms with Crippen molar-refractivity contribution in [2.24, 2.45) is 5.92 Å². The minimum Gasteiger partial charge on any atom is -0.478 e. The van der Waals surface area contributed by atoms with Gasteiger partial charge in [0.05, 0.1) is 24.8 Å². The molecule has 1 amide bonds. The van der Waals surface area contributed by atoms with E-state index in [2.05, 4.69) is 9.69 Å². The molecule has 0 saturated carbocycles. The van der Waals surface area contributed by atoms with E-state index >= 15 is 0 Å². The van der Waals surface area contributed by atoms with Crippen LogP contribution in [0.5, 0.6) is 0 Å². The summed E-state index contributed by atoms with van der Waals surface area (Å²) in [4.78, 5) is 25.1. The Morgan fingerprint density at radius 3 is 2.80 bits per heavy atom. The van der Waals surface area contributed by atoms with E-state index < -0.39 is 5.97 Å². The Bertz CT molecular complexity index is 531. The molecule has 2 heterocycles. The third kappa shape index (κ3) is 2.54. The van der Waals surface area contributed by atoms with E-state index in [1.807, 2.05) is 0 Å². The second kappa shape index (κ2) is 5.86. The maximum Gasteiger partial charge on any atom is 0.340 e. The van der Waals surface area contributed by atoms with E-state index in [0.717, 1.165) is 11.5 Å². The first-order chi connectivity index (χ1) is 9.47. The van der Waals surface area contributed by atoms with Crippen molar-refractivity contribution in [3.63, 3.8) is 0 Å². The molecule has 1 aromatic rings. The number of nitrogens with zero attached hydrogens (tertiary/aromatic N) is 2. The van der Waals surface area contributed by atoms with Crippen molar-refractivity contribution in [2.75, 3.05) is 32.2 Å². The van der Waals surface area contributed by atoms with Crippen LogP contribution in [0.1, 0.15) is 16.1 Å². The van der Waals surface area contributed by atoms with Gasteiger partial charge in [-0.15, -0.1) is 0 Å².